The van der Waals surface area contributed by atoms with E-state index in [1.807, 2.05) is 6.92 Å². The van der Waals surface area contributed by atoms with Crippen LogP contribution in [0, 0.1) is 6.92 Å². The van der Waals surface area contributed by atoms with Crippen LogP contribution in [-0.2, 0) is 16.0 Å². The minimum atomic E-state index is -1.30. The molecule has 1 atom stereocenters. The fourth-order valence-corrected chi connectivity index (χ4v) is 2.95. The van der Waals surface area contributed by atoms with Crippen LogP contribution in [0.1, 0.15) is 41.5 Å². The summed E-state index contributed by atoms with van der Waals surface area (Å²) >= 11 is 0. The quantitative estimate of drug-likeness (QED) is 0.874. The molecule has 7 heteroatoms. The molecule has 7 nitrogen and oxygen atoms in total. The smallest absolute Gasteiger partial charge is 0.332 e. The van der Waals surface area contributed by atoms with Gasteiger partial charge in [0, 0.05) is 13.7 Å². The number of carbonyl (C=O) groups excluding carboxylic acids is 1. The Balaban J connectivity index is 2.43. The summed E-state index contributed by atoms with van der Waals surface area (Å²) in [4.78, 5) is 26.1. The molecule has 1 aliphatic heterocycles. The van der Waals surface area contributed by atoms with Crippen LogP contribution in [0.25, 0.3) is 0 Å². The number of likely N-dealkylation sites (tertiary alicyclic amines) is 1. The number of methoxy groups -OCH3 is 1. The number of hydrogen-bond acceptors (Lipinski definition) is 5. The summed E-state index contributed by atoms with van der Waals surface area (Å²) in [7, 11) is 1.45. The van der Waals surface area contributed by atoms with Crippen molar-refractivity contribution in [1.29, 1.82) is 0 Å². The van der Waals surface area contributed by atoms with Crippen LogP contribution in [-0.4, -0.2) is 57.9 Å². The Bertz CT molecular complexity index is 590. The van der Waals surface area contributed by atoms with Gasteiger partial charge in [-0.05, 0) is 32.3 Å². The molecular weight excluding hydrogens is 286 g/mol. The van der Waals surface area contributed by atoms with E-state index in [0.29, 0.717) is 42.8 Å². The molecule has 1 aromatic heterocycles. The molecular formula is C15H21N3O4. The molecule has 120 valence electrons. The lowest BCUT2D eigenvalue weighted by Crippen LogP contribution is -2.56. The van der Waals surface area contributed by atoms with Gasteiger partial charge < -0.3 is 14.7 Å². The highest BCUT2D eigenvalue weighted by Gasteiger charge is 2.50. The molecule has 0 saturated carbocycles. The van der Waals surface area contributed by atoms with Crippen molar-refractivity contribution in [3.63, 3.8) is 0 Å². The normalized spacial score (nSPS) is 21.1. The Kier molecular flexibility index (Phi) is 4.75. The van der Waals surface area contributed by atoms with E-state index in [2.05, 4.69) is 10.2 Å². The number of ether oxygens (including phenoxy) is 1. The molecule has 1 amide bonds. The molecule has 0 aromatic carbocycles. The van der Waals surface area contributed by atoms with Gasteiger partial charge in [0.05, 0.1) is 23.6 Å². The highest BCUT2D eigenvalue weighted by molar-refractivity contribution is 5.99. The van der Waals surface area contributed by atoms with E-state index in [1.165, 1.54) is 12.0 Å². The van der Waals surface area contributed by atoms with E-state index >= 15 is 0 Å². The van der Waals surface area contributed by atoms with Gasteiger partial charge in [-0.25, -0.2) is 4.79 Å². The van der Waals surface area contributed by atoms with Crippen LogP contribution in [0.2, 0.25) is 0 Å². The number of aliphatic carboxylic acids is 1. The second-order valence-corrected chi connectivity index (χ2v) is 5.53. The van der Waals surface area contributed by atoms with Crippen LogP contribution in [0.3, 0.4) is 0 Å². The van der Waals surface area contributed by atoms with Crippen molar-refractivity contribution < 1.29 is 19.4 Å². The molecule has 1 saturated heterocycles. The molecule has 0 radical (unpaired) electrons. The van der Waals surface area contributed by atoms with Crippen molar-refractivity contribution in [2.45, 2.75) is 38.6 Å². The molecule has 1 fully saturated rings. The van der Waals surface area contributed by atoms with Gasteiger partial charge in [0.25, 0.3) is 5.91 Å². The van der Waals surface area contributed by atoms with Crippen LogP contribution < -0.4 is 0 Å². The van der Waals surface area contributed by atoms with E-state index in [0.717, 1.165) is 0 Å². The van der Waals surface area contributed by atoms with E-state index < -0.39 is 11.5 Å². The third kappa shape index (κ3) is 2.68. The third-order valence-electron chi connectivity index (χ3n) is 4.07. The number of aromatic nitrogens is 2. The Labute approximate surface area is 129 Å². The van der Waals surface area contributed by atoms with Crippen molar-refractivity contribution in [2.24, 2.45) is 0 Å². The van der Waals surface area contributed by atoms with Crippen LogP contribution in [0.4, 0.5) is 0 Å². The van der Waals surface area contributed by atoms with Crippen LogP contribution >= 0.6 is 0 Å². The van der Waals surface area contributed by atoms with Crippen molar-refractivity contribution in [1.82, 2.24) is 15.1 Å². The summed E-state index contributed by atoms with van der Waals surface area (Å²) in [6, 6.07) is 1.67. The van der Waals surface area contributed by atoms with Gasteiger partial charge in [-0.15, -0.1) is 0 Å². The first kappa shape index (κ1) is 16.4. The fraction of sp³-hybridized carbons (Fsp3) is 0.600. The minimum absolute atomic E-state index is 0.0208. The summed E-state index contributed by atoms with van der Waals surface area (Å²) in [5.74, 6) is -1.34. The Morgan fingerprint density at radius 1 is 1.45 bits per heavy atom. The lowest BCUT2D eigenvalue weighted by Gasteiger charge is -2.34. The summed E-state index contributed by atoms with van der Waals surface area (Å²) in [5, 5.41) is 17.7. The highest BCUT2D eigenvalue weighted by atomic mass is 16.5. The number of rotatable bonds is 5. The Hall–Kier alpha value is -2.02. The summed E-state index contributed by atoms with van der Waals surface area (Å²) in [5.41, 5.74) is 0.346. The van der Waals surface area contributed by atoms with Crippen molar-refractivity contribution in [3.05, 3.63) is 23.0 Å². The molecule has 2 heterocycles. The van der Waals surface area contributed by atoms with Crippen LogP contribution in [0.5, 0.6) is 0 Å². The number of amides is 1. The van der Waals surface area contributed by atoms with Gasteiger partial charge in [0.2, 0.25) is 0 Å². The zero-order chi connectivity index (χ0) is 16.3. The van der Waals surface area contributed by atoms with Crippen molar-refractivity contribution >= 4 is 11.9 Å². The Morgan fingerprint density at radius 2 is 2.18 bits per heavy atom. The van der Waals surface area contributed by atoms with E-state index in [9.17, 15) is 14.7 Å². The van der Waals surface area contributed by atoms with Gasteiger partial charge in [-0.2, -0.15) is 10.2 Å². The molecule has 2 rings (SSSR count). The summed E-state index contributed by atoms with van der Waals surface area (Å²) in [6.45, 7) is 4.03. The van der Waals surface area contributed by atoms with Gasteiger partial charge in [-0.1, -0.05) is 6.92 Å². The maximum absolute atomic E-state index is 12.9. The number of hydrogen-bond donors (Lipinski definition) is 1. The molecule has 0 spiro atoms. The number of aryl methyl sites for hydroxylation is 2. The van der Waals surface area contributed by atoms with Gasteiger partial charge in [0.1, 0.15) is 0 Å². The SMILES string of the molecule is CCc1nnc(C)cc1C(=O)N1CCCC1(COC)C(=O)O. The van der Waals surface area contributed by atoms with Crippen LogP contribution in [0.15, 0.2) is 6.07 Å². The minimum Gasteiger partial charge on any atom is -0.479 e. The number of carbonyl (C=O) groups is 2. The zero-order valence-electron chi connectivity index (χ0n) is 13.1. The molecule has 22 heavy (non-hydrogen) atoms. The molecule has 0 bridgehead atoms. The molecule has 0 aliphatic carbocycles. The summed E-state index contributed by atoms with van der Waals surface area (Å²) in [6.07, 6.45) is 1.59. The topological polar surface area (TPSA) is 92.6 Å². The summed E-state index contributed by atoms with van der Waals surface area (Å²) < 4.78 is 5.08. The van der Waals surface area contributed by atoms with E-state index in [-0.39, 0.29) is 12.5 Å². The first-order valence-corrected chi connectivity index (χ1v) is 7.33. The predicted molar refractivity (Wildman–Crippen MR) is 78.7 cm³/mol. The number of nitrogens with zero attached hydrogens (tertiary/aromatic N) is 3. The molecule has 1 unspecified atom stereocenters. The monoisotopic (exact) mass is 307 g/mol. The maximum atomic E-state index is 12.9. The first-order valence-electron chi connectivity index (χ1n) is 7.33. The van der Waals surface area contributed by atoms with Gasteiger partial charge in [-0.3, -0.25) is 4.79 Å². The zero-order valence-corrected chi connectivity index (χ0v) is 13.1. The maximum Gasteiger partial charge on any atom is 0.332 e. The lowest BCUT2D eigenvalue weighted by molar-refractivity contribution is -0.151. The molecule has 1 aliphatic rings. The fourth-order valence-electron chi connectivity index (χ4n) is 2.95. The standard InChI is InChI=1S/C15H21N3O4/c1-4-12-11(8-10(2)16-17-12)13(19)18-7-5-6-15(18,9-22-3)14(20)21/h8H,4-7,9H2,1-3H3,(H,20,21). The lowest BCUT2D eigenvalue weighted by atomic mass is 9.96. The second-order valence-electron chi connectivity index (χ2n) is 5.53. The molecule has 1 N–H and O–H groups in total. The third-order valence-corrected chi connectivity index (χ3v) is 4.07. The number of carboxylic acid groups (broad SMARTS) is 1. The van der Waals surface area contributed by atoms with Gasteiger partial charge >= 0.3 is 5.97 Å². The van der Waals surface area contributed by atoms with Crippen molar-refractivity contribution in [2.75, 3.05) is 20.3 Å². The number of carboxylic acids is 1. The predicted octanol–water partition coefficient (Wildman–Crippen LogP) is 1.05. The first-order chi connectivity index (χ1) is 10.5. The van der Waals surface area contributed by atoms with E-state index in [4.69, 9.17) is 4.74 Å². The Morgan fingerprint density at radius 3 is 2.77 bits per heavy atom. The molecule has 1 aromatic rings. The highest BCUT2D eigenvalue weighted by Crippen LogP contribution is 2.32. The van der Waals surface area contributed by atoms with Gasteiger partial charge in [0.15, 0.2) is 5.54 Å². The van der Waals surface area contributed by atoms with Crippen molar-refractivity contribution in [3.8, 4) is 0 Å². The second kappa shape index (κ2) is 6.39. The van der Waals surface area contributed by atoms with E-state index in [1.54, 1.807) is 13.0 Å². The average Bonchev–Trinajstić information content (AvgIpc) is 2.92. The average molecular weight is 307 g/mol. The largest absolute Gasteiger partial charge is 0.479 e.